The van der Waals surface area contributed by atoms with Gasteiger partial charge < -0.3 is 29.2 Å². The first kappa shape index (κ1) is 18.7. The number of carbonyl (C=O) groups is 3. The second kappa shape index (κ2) is 7.51. The summed E-state index contributed by atoms with van der Waals surface area (Å²) in [5.41, 5.74) is 0. The van der Waals surface area contributed by atoms with E-state index in [1.165, 1.54) is 6.08 Å². The van der Waals surface area contributed by atoms with Crippen molar-refractivity contribution in [1.29, 1.82) is 0 Å². The van der Waals surface area contributed by atoms with Crippen molar-refractivity contribution in [2.45, 2.75) is 51.2 Å². The fraction of sp³-hybridized carbons (Fsp3) is 0.600. The van der Waals surface area contributed by atoms with E-state index < -0.39 is 60.7 Å². The van der Waals surface area contributed by atoms with Gasteiger partial charge in [-0.15, -0.1) is 0 Å². The van der Waals surface area contributed by atoms with Gasteiger partial charge in [0.2, 0.25) is 5.76 Å². The highest BCUT2D eigenvalue weighted by atomic mass is 16.6. The molecule has 0 aromatic heterocycles. The molecule has 0 radical (unpaired) electrons. The molecule has 2 aliphatic rings. The molecule has 2 aliphatic heterocycles. The van der Waals surface area contributed by atoms with Crippen LogP contribution in [0.4, 0.5) is 0 Å². The Morgan fingerprint density at radius 2 is 1.96 bits per heavy atom. The largest absolute Gasteiger partial charge is 0.478 e. The summed E-state index contributed by atoms with van der Waals surface area (Å²) in [4.78, 5) is 37.7. The van der Waals surface area contributed by atoms with E-state index in [1.807, 2.05) is 0 Å². The molecule has 2 heterocycles. The number of carbonyl (C=O) groups excluding carboxylic acids is 2. The number of carboxylic acid groups (broad SMARTS) is 1. The minimum atomic E-state index is -1.50. The van der Waals surface area contributed by atoms with E-state index in [9.17, 15) is 19.5 Å². The zero-order chi connectivity index (χ0) is 18.7. The lowest BCUT2D eigenvalue weighted by atomic mass is 9.94. The molecule has 0 saturated heterocycles. The number of fused-ring (bicyclic) bond motifs is 1. The first-order valence-corrected chi connectivity index (χ1v) is 7.50. The molecule has 2 rings (SSSR count). The van der Waals surface area contributed by atoms with Gasteiger partial charge in [-0.2, -0.15) is 0 Å². The second-order valence-corrected chi connectivity index (χ2v) is 5.58. The van der Waals surface area contributed by atoms with E-state index in [0.29, 0.717) is 5.90 Å². The van der Waals surface area contributed by atoms with Gasteiger partial charge in [-0.3, -0.25) is 9.59 Å². The molecule has 0 spiro atoms. The Morgan fingerprint density at radius 1 is 1.28 bits per heavy atom. The normalized spacial score (nSPS) is 26.8. The molecule has 0 aromatic rings. The number of aliphatic hydroxyl groups is 1. The molecule has 0 amide bonds. The van der Waals surface area contributed by atoms with Crippen molar-refractivity contribution in [2.75, 3.05) is 6.61 Å². The van der Waals surface area contributed by atoms with Crippen LogP contribution in [0.1, 0.15) is 20.8 Å². The highest BCUT2D eigenvalue weighted by Gasteiger charge is 2.48. The Hall–Kier alpha value is -2.62. The Labute approximate surface area is 143 Å². The van der Waals surface area contributed by atoms with E-state index in [0.717, 1.165) is 13.8 Å². The summed E-state index contributed by atoms with van der Waals surface area (Å²) in [6.07, 6.45) is -3.40. The van der Waals surface area contributed by atoms with Crippen LogP contribution < -0.4 is 0 Å². The maximum atomic E-state index is 11.3. The quantitative estimate of drug-likeness (QED) is 0.596. The highest BCUT2D eigenvalue weighted by molar-refractivity contribution is 5.85. The summed E-state index contributed by atoms with van der Waals surface area (Å²) in [7, 11) is 0. The molecule has 5 atom stereocenters. The Morgan fingerprint density at radius 3 is 2.52 bits per heavy atom. The maximum Gasteiger partial charge on any atom is 0.370 e. The van der Waals surface area contributed by atoms with Crippen molar-refractivity contribution in [3.05, 3.63) is 11.8 Å². The highest BCUT2D eigenvalue weighted by Crippen LogP contribution is 2.30. The molecule has 10 nitrogen and oxygen atoms in total. The average Bonchev–Trinajstić information content (AvgIpc) is 2.89. The molecular weight excluding hydrogens is 338 g/mol. The number of hydrogen-bond acceptors (Lipinski definition) is 9. The topological polar surface area (TPSA) is 141 Å². The molecule has 0 saturated carbocycles. The van der Waals surface area contributed by atoms with Gasteiger partial charge in [0.1, 0.15) is 24.9 Å². The molecule has 10 heteroatoms. The van der Waals surface area contributed by atoms with Crippen molar-refractivity contribution >= 4 is 23.8 Å². The third-order valence-electron chi connectivity index (χ3n) is 3.59. The summed E-state index contributed by atoms with van der Waals surface area (Å²) >= 11 is 0. The molecule has 0 bridgehead atoms. The van der Waals surface area contributed by atoms with E-state index in [2.05, 4.69) is 4.99 Å². The SMILES string of the molecule is CC(=O)OC[C@@H](OC(C)=O)[C@@H](O)[C@@H]1OC(C(=O)O)=C[C@H]2OC(C)=N[C@@H]12. The molecule has 2 N–H and O–H groups in total. The summed E-state index contributed by atoms with van der Waals surface area (Å²) in [6, 6.07) is -0.728. The van der Waals surface area contributed by atoms with E-state index in [1.54, 1.807) is 6.92 Å². The van der Waals surface area contributed by atoms with Crippen molar-refractivity contribution < 1.29 is 43.5 Å². The first-order valence-electron chi connectivity index (χ1n) is 7.50. The van der Waals surface area contributed by atoms with E-state index >= 15 is 0 Å². The standard InChI is InChI=1S/C15H19NO9/c1-6-16-12-9(23-6)4-10(15(20)21)25-14(12)13(19)11(24-8(3)18)5-22-7(2)17/h4,9,11-14,19H,5H2,1-3H3,(H,20,21)/t9-,11-,12-,13-,14-/m1/s1. The van der Waals surface area contributed by atoms with Gasteiger partial charge in [0.15, 0.2) is 18.1 Å². The van der Waals surface area contributed by atoms with Crippen molar-refractivity contribution in [3.8, 4) is 0 Å². The number of aliphatic carboxylic acids is 1. The van der Waals surface area contributed by atoms with E-state index in [4.69, 9.17) is 24.1 Å². The van der Waals surface area contributed by atoms with Crippen LogP contribution in [0.2, 0.25) is 0 Å². The molecule has 138 valence electrons. The van der Waals surface area contributed by atoms with Gasteiger partial charge in [0, 0.05) is 26.8 Å². The molecule has 0 aromatic carbocycles. The molecule has 0 aliphatic carbocycles. The van der Waals surface area contributed by atoms with Gasteiger partial charge in [-0.25, -0.2) is 9.79 Å². The van der Waals surface area contributed by atoms with Crippen LogP contribution in [0.3, 0.4) is 0 Å². The van der Waals surface area contributed by atoms with Crippen molar-refractivity contribution in [1.82, 2.24) is 0 Å². The van der Waals surface area contributed by atoms with Crippen LogP contribution in [-0.2, 0) is 33.3 Å². The Balaban J connectivity index is 2.24. The van der Waals surface area contributed by atoms with Crippen LogP contribution in [0.15, 0.2) is 16.8 Å². The van der Waals surface area contributed by atoms with Gasteiger partial charge >= 0.3 is 17.9 Å². The lowest BCUT2D eigenvalue weighted by Crippen LogP contribution is -2.53. The van der Waals surface area contributed by atoms with Crippen LogP contribution in [0.25, 0.3) is 0 Å². The number of carboxylic acids is 1. The molecule has 0 fully saturated rings. The maximum absolute atomic E-state index is 11.3. The third kappa shape index (κ3) is 4.47. The number of aliphatic imine (C=N–C) groups is 1. The minimum absolute atomic E-state index is 0.308. The monoisotopic (exact) mass is 357 g/mol. The fourth-order valence-corrected chi connectivity index (χ4v) is 2.60. The number of aliphatic hydroxyl groups excluding tert-OH is 1. The lowest BCUT2D eigenvalue weighted by molar-refractivity contribution is -0.173. The van der Waals surface area contributed by atoms with Crippen LogP contribution in [0, 0.1) is 0 Å². The van der Waals surface area contributed by atoms with E-state index in [-0.39, 0.29) is 0 Å². The number of esters is 2. The summed E-state index contributed by atoms with van der Waals surface area (Å²) in [5, 5.41) is 19.8. The number of ether oxygens (including phenoxy) is 4. The first-order chi connectivity index (χ1) is 11.7. The minimum Gasteiger partial charge on any atom is -0.478 e. The predicted molar refractivity (Wildman–Crippen MR) is 80.6 cm³/mol. The van der Waals surface area contributed by atoms with Crippen LogP contribution in [0.5, 0.6) is 0 Å². The number of hydrogen-bond donors (Lipinski definition) is 2. The Kier molecular flexibility index (Phi) is 5.62. The molecule has 0 unspecified atom stereocenters. The van der Waals surface area contributed by atoms with Crippen molar-refractivity contribution in [3.63, 3.8) is 0 Å². The summed E-state index contributed by atoms with van der Waals surface area (Å²) in [5.74, 6) is -2.78. The van der Waals surface area contributed by atoms with Crippen molar-refractivity contribution in [2.24, 2.45) is 4.99 Å². The molecule has 25 heavy (non-hydrogen) atoms. The average molecular weight is 357 g/mol. The van der Waals surface area contributed by atoms with Gasteiger partial charge in [-0.1, -0.05) is 0 Å². The molecular formula is C15H19NO9. The van der Waals surface area contributed by atoms with Crippen LogP contribution in [-0.4, -0.2) is 71.1 Å². The third-order valence-corrected chi connectivity index (χ3v) is 3.59. The smallest absolute Gasteiger partial charge is 0.370 e. The fourth-order valence-electron chi connectivity index (χ4n) is 2.60. The number of rotatable bonds is 6. The van der Waals surface area contributed by atoms with Crippen LogP contribution >= 0.6 is 0 Å². The zero-order valence-electron chi connectivity index (χ0n) is 13.9. The lowest BCUT2D eigenvalue weighted by Gasteiger charge is -2.35. The van der Waals surface area contributed by atoms with Gasteiger partial charge in [0.25, 0.3) is 0 Å². The van der Waals surface area contributed by atoms with Gasteiger partial charge in [0.05, 0.1) is 0 Å². The second-order valence-electron chi connectivity index (χ2n) is 5.58. The van der Waals surface area contributed by atoms with Gasteiger partial charge in [-0.05, 0) is 0 Å². The Bertz CT molecular complexity index is 626. The number of nitrogens with zero attached hydrogens (tertiary/aromatic N) is 1. The zero-order valence-corrected chi connectivity index (χ0v) is 13.9. The summed E-state index contributed by atoms with van der Waals surface area (Å²) in [6.45, 7) is 3.46. The summed E-state index contributed by atoms with van der Waals surface area (Å²) < 4.78 is 20.5. The predicted octanol–water partition coefficient (Wildman–Crippen LogP) is -0.605.